The molecule has 42 heavy (non-hydrogen) atoms. The van der Waals surface area contributed by atoms with Gasteiger partial charge in [0.05, 0.1) is 17.1 Å². The van der Waals surface area contributed by atoms with E-state index in [-0.39, 0.29) is 31.0 Å². The molecular weight excluding hydrogens is 577 g/mol. The SMILES string of the molecule is CC(=O)/C=C(/C)[O-].[Zn+2].c1ccc(-c2ccn([BH-](n3ccc(-c4ccccc4)n3)n3ccc(-c4ccccc4)n3)n2)cc1. The summed E-state index contributed by atoms with van der Waals surface area (Å²) < 4.78 is 5.93. The van der Waals surface area contributed by atoms with Gasteiger partial charge in [-0.15, -0.1) is 5.76 Å². The van der Waals surface area contributed by atoms with E-state index < -0.39 is 7.12 Å². The Morgan fingerprint density at radius 1 is 0.595 bits per heavy atom. The van der Waals surface area contributed by atoms with Crippen LogP contribution in [-0.2, 0) is 24.3 Å². The Hall–Kier alpha value is -4.81. The van der Waals surface area contributed by atoms with Crippen LogP contribution in [0.2, 0.25) is 0 Å². The van der Waals surface area contributed by atoms with Crippen LogP contribution >= 0.6 is 0 Å². The van der Waals surface area contributed by atoms with Crippen molar-refractivity contribution in [2.45, 2.75) is 13.8 Å². The molecule has 6 aromatic rings. The van der Waals surface area contributed by atoms with E-state index in [1.807, 2.05) is 105 Å². The molecule has 0 saturated carbocycles. The van der Waals surface area contributed by atoms with Crippen molar-refractivity contribution in [3.8, 4) is 33.8 Å². The molecule has 6 rings (SSSR count). The molecule has 3 heterocycles. The largest absolute Gasteiger partial charge is 2.00 e. The number of carbonyl (C=O) groups is 1. The van der Waals surface area contributed by atoms with Crippen molar-refractivity contribution in [3.63, 3.8) is 0 Å². The number of carbonyl (C=O) groups excluding carboxylic acids is 1. The molecule has 0 spiro atoms. The van der Waals surface area contributed by atoms with Crippen LogP contribution in [0, 0.1) is 0 Å². The minimum Gasteiger partial charge on any atom is -0.876 e. The molecule has 0 aliphatic carbocycles. The van der Waals surface area contributed by atoms with E-state index in [9.17, 15) is 9.90 Å². The van der Waals surface area contributed by atoms with Crippen molar-refractivity contribution < 1.29 is 29.4 Å². The Morgan fingerprint density at radius 2 is 0.905 bits per heavy atom. The minimum absolute atomic E-state index is 0. The summed E-state index contributed by atoms with van der Waals surface area (Å²) in [6, 6.07) is 36.7. The van der Waals surface area contributed by atoms with Crippen molar-refractivity contribution >= 4 is 12.9 Å². The van der Waals surface area contributed by atoms with Crippen LogP contribution in [0.4, 0.5) is 0 Å². The zero-order chi connectivity index (χ0) is 28.6. The molecule has 0 unspecified atom stereocenters. The fraction of sp³-hybridized carbons (Fsp3) is 0.0625. The van der Waals surface area contributed by atoms with E-state index in [0.717, 1.165) is 39.8 Å². The topological polar surface area (TPSA) is 93.6 Å². The average Bonchev–Trinajstić information content (AvgIpc) is 3.77. The third kappa shape index (κ3) is 7.47. The molecule has 0 atom stereocenters. The zero-order valence-corrected chi connectivity index (χ0v) is 26.6. The van der Waals surface area contributed by atoms with Crippen molar-refractivity contribution in [2.24, 2.45) is 0 Å². The normalized spacial score (nSPS) is 11.0. The molecule has 0 amide bonds. The minimum atomic E-state index is -1.48. The molecule has 0 N–H and O–H groups in total. The van der Waals surface area contributed by atoms with Crippen LogP contribution in [0.3, 0.4) is 0 Å². The molecule has 3 aromatic heterocycles. The van der Waals surface area contributed by atoms with E-state index in [0.29, 0.717) is 0 Å². The smallest absolute Gasteiger partial charge is 0.876 e. The first-order valence-electron chi connectivity index (χ1n) is 13.3. The van der Waals surface area contributed by atoms with Gasteiger partial charge in [0.15, 0.2) is 5.78 Å². The first-order chi connectivity index (χ1) is 20.0. The Labute approximate surface area is 257 Å². The maximum atomic E-state index is 9.98. The second-order valence-corrected chi connectivity index (χ2v) is 9.61. The Bertz CT molecular complexity index is 1560. The molecular formula is C32H29BN6O2Zn. The van der Waals surface area contributed by atoms with E-state index in [1.165, 1.54) is 13.8 Å². The summed E-state index contributed by atoms with van der Waals surface area (Å²) in [5.74, 6) is -0.375. The van der Waals surface area contributed by atoms with Gasteiger partial charge in [0, 0.05) is 16.7 Å². The van der Waals surface area contributed by atoms with E-state index in [2.05, 4.69) is 36.4 Å². The number of nitrogens with zero attached hydrogens (tertiary/aromatic N) is 6. The second kappa shape index (κ2) is 14.2. The number of ketones is 1. The van der Waals surface area contributed by atoms with Crippen molar-refractivity contribution in [3.05, 3.63) is 140 Å². The summed E-state index contributed by atoms with van der Waals surface area (Å²) in [7, 11) is -1.48. The van der Waals surface area contributed by atoms with Crippen LogP contribution in [-0.4, -0.2) is 42.0 Å². The van der Waals surface area contributed by atoms with Gasteiger partial charge >= 0.3 is 26.6 Å². The summed E-state index contributed by atoms with van der Waals surface area (Å²) in [5.41, 5.74) is 6.00. The second-order valence-electron chi connectivity index (χ2n) is 9.61. The molecule has 8 nitrogen and oxygen atoms in total. The Kier molecular flexibility index (Phi) is 10.2. The average molecular weight is 606 g/mol. The third-order valence-electron chi connectivity index (χ3n) is 6.41. The summed E-state index contributed by atoms with van der Waals surface area (Å²) in [6.07, 6.45) is 7.09. The fourth-order valence-corrected chi connectivity index (χ4v) is 4.58. The number of hydrogen-bond acceptors (Lipinski definition) is 5. The first-order valence-corrected chi connectivity index (χ1v) is 13.3. The monoisotopic (exact) mass is 604 g/mol. The maximum absolute atomic E-state index is 9.98. The molecule has 0 aliphatic rings. The van der Waals surface area contributed by atoms with E-state index in [4.69, 9.17) is 15.3 Å². The van der Waals surface area contributed by atoms with Gasteiger partial charge in [-0.05, 0) is 49.8 Å². The predicted octanol–water partition coefficient (Wildman–Crippen LogP) is 4.78. The van der Waals surface area contributed by atoms with Gasteiger partial charge in [-0.2, -0.15) is 0 Å². The molecule has 204 valence electrons. The molecule has 0 fully saturated rings. The van der Waals surface area contributed by atoms with Crippen molar-refractivity contribution in [1.82, 2.24) is 29.1 Å². The molecule has 0 aliphatic heterocycles. The van der Waals surface area contributed by atoms with Crippen LogP contribution in [0.25, 0.3) is 33.8 Å². The number of allylic oxidation sites excluding steroid dienone is 2. The Morgan fingerprint density at radius 3 is 1.14 bits per heavy atom. The summed E-state index contributed by atoms with van der Waals surface area (Å²) >= 11 is 0. The Balaban J connectivity index is 0.000000454. The van der Waals surface area contributed by atoms with Gasteiger partial charge < -0.3 is 18.9 Å². The van der Waals surface area contributed by atoms with Gasteiger partial charge in [0.1, 0.15) is 0 Å². The van der Waals surface area contributed by atoms with Gasteiger partial charge in [0.2, 0.25) is 0 Å². The van der Waals surface area contributed by atoms with Crippen molar-refractivity contribution in [1.29, 1.82) is 0 Å². The standard InChI is InChI=1S/C27H22BN6.C5H8O2.Zn/c1-4-10-22(11-5-1)25-16-19-32(29-25)28(33-20-17-26(30-33)23-12-6-2-7-13-23)34-21-18-27(31-34)24-14-8-3-9-15-24;1-4(6)3-5(2)7;/h1-21,28H;3,6H,1-2H3;/q-1;;+2/p-1/b;4-3-;. The summed E-state index contributed by atoms with van der Waals surface area (Å²) in [5, 5.41) is 24.8. The first kappa shape index (κ1) is 30.2. The number of benzene rings is 3. The third-order valence-corrected chi connectivity index (χ3v) is 6.41. The zero-order valence-electron chi connectivity index (χ0n) is 23.6. The van der Waals surface area contributed by atoms with E-state index in [1.54, 1.807) is 0 Å². The van der Waals surface area contributed by atoms with Crippen LogP contribution in [0.15, 0.2) is 140 Å². The van der Waals surface area contributed by atoms with Gasteiger partial charge in [-0.3, -0.25) is 4.79 Å². The van der Waals surface area contributed by atoms with Gasteiger partial charge in [-0.25, -0.2) is 15.3 Å². The van der Waals surface area contributed by atoms with Crippen LogP contribution < -0.4 is 5.11 Å². The molecule has 0 bridgehead atoms. The molecule has 0 saturated heterocycles. The predicted molar refractivity (Wildman–Crippen MR) is 161 cm³/mol. The van der Waals surface area contributed by atoms with Crippen molar-refractivity contribution in [2.75, 3.05) is 0 Å². The van der Waals surface area contributed by atoms with E-state index >= 15 is 0 Å². The molecule has 3 aromatic carbocycles. The van der Waals surface area contributed by atoms with Crippen LogP contribution in [0.5, 0.6) is 0 Å². The quantitative estimate of drug-likeness (QED) is 0.148. The maximum Gasteiger partial charge on any atom is 2.00 e. The fourth-order valence-electron chi connectivity index (χ4n) is 4.58. The number of rotatable bonds is 7. The summed E-state index contributed by atoms with van der Waals surface area (Å²) in [6.45, 7) is 2.70. The van der Waals surface area contributed by atoms with Gasteiger partial charge in [0.25, 0.3) is 0 Å². The molecule has 0 radical (unpaired) electrons. The van der Waals surface area contributed by atoms with Crippen LogP contribution in [0.1, 0.15) is 13.8 Å². The molecule has 10 heteroatoms. The number of hydrogen-bond donors (Lipinski definition) is 0. The van der Waals surface area contributed by atoms with Gasteiger partial charge in [-0.1, -0.05) is 97.9 Å². The number of aromatic nitrogens is 6. The summed E-state index contributed by atoms with van der Waals surface area (Å²) in [4.78, 5) is 9.98.